The van der Waals surface area contributed by atoms with Gasteiger partial charge in [0.1, 0.15) is 11.7 Å². The number of nitrogens with zero attached hydrogens (tertiary/aromatic N) is 3. The van der Waals surface area contributed by atoms with Crippen LogP contribution in [0.1, 0.15) is 22.9 Å². The van der Waals surface area contributed by atoms with Crippen molar-refractivity contribution in [3.63, 3.8) is 0 Å². The van der Waals surface area contributed by atoms with Crippen LogP contribution in [0.4, 0.5) is 4.39 Å². The predicted octanol–water partition coefficient (Wildman–Crippen LogP) is 1.31. The Morgan fingerprint density at radius 1 is 1.35 bits per heavy atom. The Labute approximate surface area is 132 Å². The van der Waals surface area contributed by atoms with Gasteiger partial charge in [0, 0.05) is 13.6 Å². The average Bonchev–Trinajstić information content (AvgIpc) is 2.90. The topological polar surface area (TPSA) is 75.4 Å². The van der Waals surface area contributed by atoms with Crippen molar-refractivity contribution in [3.05, 3.63) is 53.4 Å². The molecule has 2 aromatic rings. The van der Waals surface area contributed by atoms with Crippen LogP contribution in [0.3, 0.4) is 0 Å². The molecule has 7 heteroatoms. The molecule has 1 amide bonds. The number of carboxylic acids is 1. The van der Waals surface area contributed by atoms with Gasteiger partial charge in [0.05, 0.1) is 30.7 Å². The number of carbonyl (C=O) groups excluding carboxylic acids is 1. The first-order chi connectivity index (χ1) is 11.0. The number of halogens is 1. The van der Waals surface area contributed by atoms with Crippen molar-refractivity contribution >= 4 is 11.9 Å². The normalized spacial score (nSPS) is 17.0. The van der Waals surface area contributed by atoms with E-state index in [0.29, 0.717) is 23.5 Å². The highest BCUT2D eigenvalue weighted by Gasteiger charge is 2.35. The molecule has 3 rings (SSSR count). The quantitative estimate of drug-likeness (QED) is 0.926. The summed E-state index contributed by atoms with van der Waals surface area (Å²) in [7, 11) is 1.75. The molecule has 120 valence electrons. The van der Waals surface area contributed by atoms with Gasteiger partial charge in [-0.15, -0.1) is 0 Å². The van der Waals surface area contributed by atoms with E-state index in [1.165, 1.54) is 17.0 Å². The van der Waals surface area contributed by atoms with Crippen molar-refractivity contribution < 1.29 is 19.1 Å². The van der Waals surface area contributed by atoms with Crippen molar-refractivity contribution in [1.29, 1.82) is 0 Å². The molecular formula is C16H16FN3O3. The van der Waals surface area contributed by atoms with Gasteiger partial charge < -0.3 is 14.6 Å². The first-order valence-electron chi connectivity index (χ1n) is 7.21. The van der Waals surface area contributed by atoms with E-state index in [1.54, 1.807) is 30.1 Å². The van der Waals surface area contributed by atoms with Crippen molar-refractivity contribution in [3.8, 4) is 0 Å². The smallest absolute Gasteiger partial charge is 0.314 e. The van der Waals surface area contributed by atoms with E-state index >= 15 is 0 Å². The minimum Gasteiger partial charge on any atom is -0.481 e. The van der Waals surface area contributed by atoms with E-state index in [-0.39, 0.29) is 24.7 Å². The van der Waals surface area contributed by atoms with Gasteiger partial charge in [-0.3, -0.25) is 9.59 Å². The fraction of sp³-hybridized carbons (Fsp3) is 0.312. The van der Waals surface area contributed by atoms with Crippen LogP contribution in [-0.2, 0) is 29.6 Å². The van der Waals surface area contributed by atoms with Gasteiger partial charge in [0.25, 0.3) is 0 Å². The molecule has 1 aromatic carbocycles. The monoisotopic (exact) mass is 317 g/mol. The third-order valence-electron chi connectivity index (χ3n) is 4.06. The highest BCUT2D eigenvalue weighted by Crippen LogP contribution is 2.28. The number of carbonyl (C=O) groups is 2. The van der Waals surface area contributed by atoms with E-state index in [0.717, 1.165) is 0 Å². The summed E-state index contributed by atoms with van der Waals surface area (Å²) < 4.78 is 14.6. The summed E-state index contributed by atoms with van der Waals surface area (Å²) in [4.78, 5) is 29.6. The van der Waals surface area contributed by atoms with Crippen LogP contribution in [0.5, 0.6) is 0 Å². The molecule has 0 saturated carbocycles. The second-order valence-electron chi connectivity index (χ2n) is 5.66. The Hall–Kier alpha value is -2.70. The van der Waals surface area contributed by atoms with Gasteiger partial charge in [-0.2, -0.15) is 0 Å². The van der Waals surface area contributed by atoms with Crippen molar-refractivity contribution in [2.24, 2.45) is 7.05 Å². The number of amides is 1. The summed E-state index contributed by atoms with van der Waals surface area (Å²) in [5.74, 6) is -2.32. The standard InChI is InChI=1S/C16H16FN3O3/c1-19-9-18-13-8-20(7-12(15(13)19)16(22)23)14(21)6-10-2-4-11(17)5-3-10/h2-5,9,12H,6-8H2,1H3,(H,22,23)/t12-/m0/s1. The summed E-state index contributed by atoms with van der Waals surface area (Å²) in [5, 5.41) is 9.43. The lowest BCUT2D eigenvalue weighted by Crippen LogP contribution is -2.41. The lowest BCUT2D eigenvalue weighted by molar-refractivity contribution is -0.141. The second-order valence-corrected chi connectivity index (χ2v) is 5.66. The maximum atomic E-state index is 12.9. The Balaban J connectivity index is 1.80. The van der Waals surface area contributed by atoms with Crippen molar-refractivity contribution in [1.82, 2.24) is 14.5 Å². The lowest BCUT2D eigenvalue weighted by Gasteiger charge is -2.31. The molecule has 1 aliphatic heterocycles. The molecule has 1 N–H and O–H groups in total. The van der Waals surface area contributed by atoms with Gasteiger partial charge in [-0.25, -0.2) is 9.37 Å². The molecule has 0 unspecified atom stereocenters. The molecular weight excluding hydrogens is 301 g/mol. The first kappa shape index (κ1) is 15.2. The highest BCUT2D eigenvalue weighted by atomic mass is 19.1. The first-order valence-corrected chi connectivity index (χ1v) is 7.21. The number of imidazole rings is 1. The van der Waals surface area contributed by atoms with Crippen molar-refractivity contribution in [2.45, 2.75) is 18.9 Å². The van der Waals surface area contributed by atoms with Crippen LogP contribution in [-0.4, -0.2) is 38.0 Å². The number of hydrogen-bond acceptors (Lipinski definition) is 3. The van der Waals surface area contributed by atoms with Crippen LogP contribution in [0.25, 0.3) is 0 Å². The van der Waals surface area contributed by atoms with Gasteiger partial charge in [0.15, 0.2) is 0 Å². The molecule has 1 aromatic heterocycles. The minimum absolute atomic E-state index is 0.106. The fourth-order valence-corrected chi connectivity index (χ4v) is 2.88. The molecule has 1 atom stereocenters. The molecule has 0 fully saturated rings. The number of benzene rings is 1. The zero-order valence-electron chi connectivity index (χ0n) is 12.6. The van der Waals surface area contributed by atoms with Gasteiger partial charge >= 0.3 is 5.97 Å². The van der Waals surface area contributed by atoms with Gasteiger partial charge in [0.2, 0.25) is 5.91 Å². The third-order valence-corrected chi connectivity index (χ3v) is 4.06. The molecule has 0 radical (unpaired) electrons. The summed E-state index contributed by atoms with van der Waals surface area (Å²) in [6.07, 6.45) is 1.67. The van der Waals surface area contributed by atoms with Crippen molar-refractivity contribution in [2.75, 3.05) is 6.54 Å². The largest absolute Gasteiger partial charge is 0.481 e. The maximum absolute atomic E-state index is 12.9. The molecule has 0 saturated heterocycles. The Morgan fingerprint density at radius 3 is 2.70 bits per heavy atom. The Morgan fingerprint density at radius 2 is 2.04 bits per heavy atom. The predicted molar refractivity (Wildman–Crippen MR) is 79.1 cm³/mol. The van der Waals surface area contributed by atoms with E-state index < -0.39 is 11.9 Å². The minimum atomic E-state index is -0.978. The number of aromatic nitrogens is 2. The fourth-order valence-electron chi connectivity index (χ4n) is 2.88. The van der Waals surface area contributed by atoms with Gasteiger partial charge in [-0.05, 0) is 17.7 Å². The zero-order chi connectivity index (χ0) is 16.6. The second kappa shape index (κ2) is 5.83. The number of aliphatic carboxylic acids is 1. The number of fused-ring (bicyclic) bond motifs is 1. The molecule has 0 aliphatic carbocycles. The van der Waals surface area contributed by atoms with E-state index in [9.17, 15) is 19.1 Å². The molecule has 6 nitrogen and oxygen atoms in total. The average molecular weight is 317 g/mol. The number of carboxylic acid groups (broad SMARTS) is 1. The van der Waals surface area contributed by atoms with Gasteiger partial charge in [-0.1, -0.05) is 12.1 Å². The third kappa shape index (κ3) is 2.94. The SMILES string of the molecule is Cn1cnc2c1[C@@H](C(=O)O)CN(C(=O)Cc1ccc(F)cc1)C2. The molecule has 2 heterocycles. The molecule has 0 spiro atoms. The van der Waals surface area contributed by atoms with Crippen LogP contribution in [0.2, 0.25) is 0 Å². The lowest BCUT2D eigenvalue weighted by atomic mass is 9.97. The summed E-state index contributed by atoms with van der Waals surface area (Å²) >= 11 is 0. The number of aryl methyl sites for hydroxylation is 1. The van der Waals surface area contributed by atoms with Crippen LogP contribution in [0.15, 0.2) is 30.6 Å². The Kier molecular flexibility index (Phi) is 3.85. The summed E-state index contributed by atoms with van der Waals surface area (Å²) in [5.41, 5.74) is 1.94. The Bertz CT molecular complexity index is 754. The zero-order valence-corrected chi connectivity index (χ0v) is 12.6. The van der Waals surface area contributed by atoms with E-state index in [4.69, 9.17) is 0 Å². The summed E-state index contributed by atoms with van der Waals surface area (Å²) in [6.45, 7) is 0.405. The van der Waals surface area contributed by atoms with E-state index in [2.05, 4.69) is 4.98 Å². The highest BCUT2D eigenvalue weighted by molar-refractivity contribution is 5.82. The molecule has 0 bridgehead atoms. The maximum Gasteiger partial charge on any atom is 0.314 e. The molecule has 23 heavy (non-hydrogen) atoms. The van der Waals surface area contributed by atoms with Crippen LogP contribution >= 0.6 is 0 Å². The van der Waals surface area contributed by atoms with E-state index in [1.807, 2.05) is 0 Å². The number of hydrogen-bond donors (Lipinski definition) is 1. The summed E-state index contributed by atoms with van der Waals surface area (Å²) in [6, 6.07) is 5.71. The number of rotatable bonds is 3. The van der Waals surface area contributed by atoms with Crippen LogP contribution < -0.4 is 0 Å². The van der Waals surface area contributed by atoms with Crippen LogP contribution in [0, 0.1) is 5.82 Å². The molecule has 1 aliphatic rings.